The molecule has 5 rings (SSSR count). The summed E-state index contributed by atoms with van der Waals surface area (Å²) < 4.78 is 7.35. The first-order valence-corrected chi connectivity index (χ1v) is 12.7. The topological polar surface area (TPSA) is 92.8 Å². The fourth-order valence-corrected chi connectivity index (χ4v) is 4.86. The molecule has 190 valence electrons. The van der Waals surface area contributed by atoms with E-state index in [1.54, 1.807) is 10.9 Å². The van der Waals surface area contributed by atoms with Crippen molar-refractivity contribution < 1.29 is 4.42 Å². The number of furan rings is 1. The standard InChI is InChI=1S/C29H32N6O2/c1-4-9-26(28-31-32-33-35(28)19-25-12-8-15-37-25)34(17-22-10-6-5-7-11-22)18-24-16-23-14-13-20(2)21(3)27(23)30-29(24)36/h5-8,10-16,26H,4,9,17-19H2,1-3H3,(H,30,36). The molecule has 0 aliphatic rings. The Bertz CT molecular complexity index is 1520. The van der Waals surface area contributed by atoms with Crippen molar-refractivity contribution in [2.75, 3.05) is 0 Å². The van der Waals surface area contributed by atoms with Gasteiger partial charge in [0, 0.05) is 18.7 Å². The highest BCUT2D eigenvalue weighted by atomic mass is 16.3. The molecular weight excluding hydrogens is 464 g/mol. The van der Waals surface area contributed by atoms with Crippen molar-refractivity contribution in [1.82, 2.24) is 30.1 Å². The van der Waals surface area contributed by atoms with Gasteiger partial charge in [-0.2, -0.15) is 0 Å². The number of benzene rings is 2. The number of fused-ring (bicyclic) bond motifs is 1. The van der Waals surface area contributed by atoms with E-state index in [4.69, 9.17) is 4.42 Å². The lowest BCUT2D eigenvalue weighted by molar-refractivity contribution is 0.155. The van der Waals surface area contributed by atoms with Gasteiger partial charge in [-0.1, -0.05) is 55.8 Å². The van der Waals surface area contributed by atoms with Gasteiger partial charge >= 0.3 is 0 Å². The molecule has 1 N–H and O–H groups in total. The SMILES string of the molecule is CCCC(c1nnnn1Cc1ccco1)N(Cc1ccccc1)Cc1cc2ccc(C)c(C)c2[nH]c1=O. The molecule has 1 atom stereocenters. The Morgan fingerprint density at radius 2 is 1.89 bits per heavy atom. The number of rotatable bonds is 10. The minimum Gasteiger partial charge on any atom is -0.467 e. The fraction of sp³-hybridized carbons (Fsp3) is 0.310. The molecule has 0 saturated heterocycles. The van der Waals surface area contributed by atoms with Crippen LogP contribution in [0.15, 0.2) is 76.1 Å². The zero-order valence-corrected chi connectivity index (χ0v) is 21.5. The normalized spacial score (nSPS) is 12.4. The van der Waals surface area contributed by atoms with Crippen LogP contribution in [0.4, 0.5) is 0 Å². The largest absolute Gasteiger partial charge is 0.467 e. The zero-order chi connectivity index (χ0) is 25.8. The number of tetrazole rings is 1. The van der Waals surface area contributed by atoms with Crippen LogP contribution < -0.4 is 5.56 Å². The van der Waals surface area contributed by atoms with Crippen LogP contribution in [0.2, 0.25) is 0 Å². The van der Waals surface area contributed by atoms with Crippen LogP contribution in [-0.4, -0.2) is 30.1 Å². The summed E-state index contributed by atoms with van der Waals surface area (Å²) in [4.78, 5) is 18.7. The van der Waals surface area contributed by atoms with E-state index in [1.807, 2.05) is 43.3 Å². The van der Waals surface area contributed by atoms with Gasteiger partial charge in [-0.05, 0) is 71.0 Å². The maximum absolute atomic E-state index is 13.3. The summed E-state index contributed by atoms with van der Waals surface area (Å²) in [5.41, 5.74) is 4.98. The van der Waals surface area contributed by atoms with E-state index < -0.39 is 0 Å². The third-order valence-electron chi connectivity index (χ3n) is 6.98. The van der Waals surface area contributed by atoms with Crippen molar-refractivity contribution in [2.24, 2.45) is 0 Å². The van der Waals surface area contributed by atoms with Crippen LogP contribution >= 0.6 is 0 Å². The van der Waals surface area contributed by atoms with Crippen LogP contribution in [0.25, 0.3) is 10.9 Å². The number of aryl methyl sites for hydroxylation is 2. The second-order valence-corrected chi connectivity index (χ2v) is 9.56. The summed E-state index contributed by atoms with van der Waals surface area (Å²) in [6.45, 7) is 7.83. The number of hydrogen-bond acceptors (Lipinski definition) is 6. The Morgan fingerprint density at radius 1 is 1.05 bits per heavy atom. The average molecular weight is 497 g/mol. The van der Waals surface area contributed by atoms with E-state index in [-0.39, 0.29) is 11.6 Å². The number of nitrogens with one attached hydrogen (secondary N) is 1. The van der Waals surface area contributed by atoms with Gasteiger partial charge in [0.1, 0.15) is 12.3 Å². The lowest BCUT2D eigenvalue weighted by atomic mass is 10.0. The number of H-pyrrole nitrogens is 1. The van der Waals surface area contributed by atoms with E-state index >= 15 is 0 Å². The van der Waals surface area contributed by atoms with Crippen LogP contribution in [0.5, 0.6) is 0 Å². The maximum Gasteiger partial charge on any atom is 0.252 e. The summed E-state index contributed by atoms with van der Waals surface area (Å²) in [5, 5.41) is 13.8. The molecule has 8 heteroatoms. The molecule has 2 aromatic carbocycles. The Kier molecular flexibility index (Phi) is 7.28. The number of aromatic nitrogens is 5. The summed E-state index contributed by atoms with van der Waals surface area (Å²) in [7, 11) is 0. The van der Waals surface area contributed by atoms with E-state index in [0.717, 1.165) is 57.6 Å². The maximum atomic E-state index is 13.3. The molecule has 0 aliphatic heterocycles. The molecule has 0 saturated carbocycles. The first-order chi connectivity index (χ1) is 18.0. The van der Waals surface area contributed by atoms with Gasteiger partial charge in [0.15, 0.2) is 5.82 Å². The Balaban J connectivity index is 1.55. The quantitative estimate of drug-likeness (QED) is 0.281. The van der Waals surface area contributed by atoms with Gasteiger partial charge in [-0.25, -0.2) is 4.68 Å². The van der Waals surface area contributed by atoms with E-state index in [1.165, 1.54) is 0 Å². The van der Waals surface area contributed by atoms with Crippen LogP contribution in [0.3, 0.4) is 0 Å². The van der Waals surface area contributed by atoms with E-state index in [0.29, 0.717) is 19.6 Å². The molecular formula is C29H32N6O2. The molecule has 5 aromatic rings. The lowest BCUT2D eigenvalue weighted by Crippen LogP contribution is -2.32. The first-order valence-electron chi connectivity index (χ1n) is 12.7. The van der Waals surface area contributed by atoms with Crippen molar-refractivity contribution >= 4 is 10.9 Å². The third kappa shape index (κ3) is 5.39. The monoisotopic (exact) mass is 496 g/mol. The van der Waals surface area contributed by atoms with Crippen molar-refractivity contribution in [3.63, 3.8) is 0 Å². The molecule has 8 nitrogen and oxygen atoms in total. The highest BCUT2D eigenvalue weighted by Gasteiger charge is 2.27. The van der Waals surface area contributed by atoms with Crippen molar-refractivity contribution in [3.05, 3.63) is 111 Å². The van der Waals surface area contributed by atoms with Gasteiger partial charge in [-0.15, -0.1) is 5.10 Å². The van der Waals surface area contributed by atoms with Crippen molar-refractivity contribution in [1.29, 1.82) is 0 Å². The summed E-state index contributed by atoms with van der Waals surface area (Å²) in [6, 6.07) is 20.2. The molecule has 0 fully saturated rings. The Morgan fingerprint density at radius 3 is 2.65 bits per heavy atom. The Hall–Kier alpha value is -4.04. The third-order valence-corrected chi connectivity index (χ3v) is 6.98. The van der Waals surface area contributed by atoms with Crippen molar-refractivity contribution in [2.45, 2.75) is 59.3 Å². The van der Waals surface area contributed by atoms with Gasteiger partial charge < -0.3 is 9.40 Å². The number of pyridine rings is 1. The summed E-state index contributed by atoms with van der Waals surface area (Å²) in [6.07, 6.45) is 3.44. The van der Waals surface area contributed by atoms with Gasteiger partial charge in [0.2, 0.25) is 0 Å². The number of nitrogens with zero attached hydrogens (tertiary/aromatic N) is 5. The molecule has 0 amide bonds. The molecule has 1 unspecified atom stereocenters. The Labute approximate surface area is 215 Å². The highest BCUT2D eigenvalue weighted by Crippen LogP contribution is 2.28. The lowest BCUT2D eigenvalue weighted by Gasteiger charge is -2.31. The van der Waals surface area contributed by atoms with Crippen LogP contribution in [0.1, 0.15) is 59.6 Å². The number of aromatic amines is 1. The molecule has 0 bridgehead atoms. The van der Waals surface area contributed by atoms with Gasteiger partial charge in [0.05, 0.1) is 17.8 Å². The minimum absolute atomic E-state index is 0.0651. The van der Waals surface area contributed by atoms with Gasteiger partial charge in [0.25, 0.3) is 5.56 Å². The van der Waals surface area contributed by atoms with Crippen LogP contribution in [0, 0.1) is 13.8 Å². The fourth-order valence-electron chi connectivity index (χ4n) is 4.86. The molecule has 0 spiro atoms. The molecule has 0 radical (unpaired) electrons. The predicted octanol–water partition coefficient (Wildman–Crippen LogP) is 5.32. The highest BCUT2D eigenvalue weighted by molar-refractivity contribution is 5.83. The molecule has 3 aromatic heterocycles. The summed E-state index contributed by atoms with van der Waals surface area (Å²) >= 11 is 0. The zero-order valence-electron chi connectivity index (χ0n) is 21.5. The predicted molar refractivity (Wildman–Crippen MR) is 143 cm³/mol. The van der Waals surface area contributed by atoms with E-state index in [9.17, 15) is 4.79 Å². The first kappa shape index (κ1) is 24.6. The van der Waals surface area contributed by atoms with Gasteiger partial charge in [-0.3, -0.25) is 9.69 Å². The average Bonchev–Trinajstić information content (AvgIpc) is 3.59. The number of hydrogen-bond donors (Lipinski definition) is 1. The second-order valence-electron chi connectivity index (χ2n) is 9.56. The second kappa shape index (κ2) is 10.9. The van der Waals surface area contributed by atoms with Crippen molar-refractivity contribution in [3.8, 4) is 0 Å². The molecule has 3 heterocycles. The molecule has 0 aliphatic carbocycles. The summed E-state index contributed by atoms with van der Waals surface area (Å²) in [5.74, 6) is 1.55. The molecule has 37 heavy (non-hydrogen) atoms. The van der Waals surface area contributed by atoms with Crippen LogP contribution in [-0.2, 0) is 19.6 Å². The minimum atomic E-state index is -0.0926. The van der Waals surface area contributed by atoms with E-state index in [2.05, 4.69) is 63.5 Å². The smallest absolute Gasteiger partial charge is 0.252 e.